The molecule has 188 valence electrons. The second-order valence-corrected chi connectivity index (χ2v) is 10.1. The molecule has 1 saturated heterocycles. The summed E-state index contributed by atoms with van der Waals surface area (Å²) in [6.07, 6.45) is 4.21. The standard InChI is InChI=1S/C32H38N2O2/c1-5-36-30-21-24(2)29(20-25(30)3)31(35)33-26(4)34-18-16-32(17-19-34,22-27-12-8-6-9-13-27)23-28-14-10-7-11-15-28/h6-15,20-21H,4-5,16-19,22-23H2,1-3H3,(H,33,35). The Morgan fingerprint density at radius 1 is 0.917 bits per heavy atom. The molecule has 36 heavy (non-hydrogen) atoms. The summed E-state index contributed by atoms with van der Waals surface area (Å²) in [5, 5.41) is 3.06. The van der Waals surface area contributed by atoms with Crippen LogP contribution in [0.5, 0.6) is 5.75 Å². The normalized spacial score (nSPS) is 14.8. The lowest BCUT2D eigenvalue weighted by molar-refractivity contribution is 0.0913. The predicted octanol–water partition coefficient (Wildman–Crippen LogP) is 6.47. The lowest BCUT2D eigenvalue weighted by Crippen LogP contribution is -2.45. The van der Waals surface area contributed by atoms with Crippen molar-refractivity contribution in [2.75, 3.05) is 19.7 Å². The monoisotopic (exact) mass is 482 g/mol. The molecule has 0 spiro atoms. The van der Waals surface area contributed by atoms with Crippen LogP contribution < -0.4 is 10.1 Å². The minimum Gasteiger partial charge on any atom is -0.494 e. The molecule has 0 saturated carbocycles. The van der Waals surface area contributed by atoms with E-state index in [1.807, 2.05) is 32.9 Å². The molecular weight excluding hydrogens is 444 g/mol. The molecule has 4 heteroatoms. The fourth-order valence-corrected chi connectivity index (χ4v) is 5.35. The van der Waals surface area contributed by atoms with Gasteiger partial charge < -0.3 is 15.0 Å². The molecular formula is C32H38N2O2. The summed E-state index contributed by atoms with van der Waals surface area (Å²) >= 11 is 0. The van der Waals surface area contributed by atoms with Gasteiger partial charge in [-0.05, 0) is 86.3 Å². The van der Waals surface area contributed by atoms with Gasteiger partial charge in [-0.3, -0.25) is 4.79 Å². The topological polar surface area (TPSA) is 41.6 Å². The molecule has 1 aliphatic rings. The summed E-state index contributed by atoms with van der Waals surface area (Å²) < 4.78 is 5.68. The molecule has 1 aliphatic heterocycles. The number of benzene rings is 3. The van der Waals surface area contributed by atoms with Crippen LogP contribution in [0.1, 0.15) is 52.4 Å². The average Bonchev–Trinajstić information content (AvgIpc) is 2.87. The molecule has 0 radical (unpaired) electrons. The van der Waals surface area contributed by atoms with Gasteiger partial charge in [-0.1, -0.05) is 67.2 Å². The maximum absolute atomic E-state index is 13.1. The first-order valence-corrected chi connectivity index (χ1v) is 13.0. The molecule has 3 aromatic carbocycles. The van der Waals surface area contributed by atoms with E-state index in [0.717, 1.165) is 55.6 Å². The average molecular weight is 483 g/mol. The molecule has 1 heterocycles. The number of rotatable bonds is 9. The van der Waals surface area contributed by atoms with Gasteiger partial charge in [-0.2, -0.15) is 0 Å². The van der Waals surface area contributed by atoms with Crippen molar-refractivity contribution in [3.05, 3.63) is 113 Å². The van der Waals surface area contributed by atoms with Gasteiger partial charge in [0.05, 0.1) is 6.61 Å². The van der Waals surface area contributed by atoms with Crippen molar-refractivity contribution in [1.29, 1.82) is 0 Å². The fourth-order valence-electron chi connectivity index (χ4n) is 5.35. The first kappa shape index (κ1) is 25.6. The lowest BCUT2D eigenvalue weighted by atomic mass is 9.70. The van der Waals surface area contributed by atoms with Crippen LogP contribution in [0.3, 0.4) is 0 Å². The van der Waals surface area contributed by atoms with Crippen LogP contribution in [0.4, 0.5) is 0 Å². The first-order chi connectivity index (χ1) is 17.4. The predicted molar refractivity (Wildman–Crippen MR) is 147 cm³/mol. The van der Waals surface area contributed by atoms with E-state index in [4.69, 9.17) is 4.74 Å². The number of nitrogens with zero attached hydrogens (tertiary/aromatic N) is 1. The fraction of sp³-hybridized carbons (Fsp3) is 0.344. The summed E-state index contributed by atoms with van der Waals surface area (Å²) in [6, 6.07) is 25.5. The van der Waals surface area contributed by atoms with Crippen LogP contribution in [0.25, 0.3) is 0 Å². The van der Waals surface area contributed by atoms with Crippen molar-refractivity contribution < 1.29 is 9.53 Å². The summed E-state index contributed by atoms with van der Waals surface area (Å²) in [5.74, 6) is 1.39. The molecule has 4 nitrogen and oxygen atoms in total. The van der Waals surface area contributed by atoms with Crippen molar-refractivity contribution in [3.63, 3.8) is 0 Å². The van der Waals surface area contributed by atoms with E-state index in [1.54, 1.807) is 0 Å². The number of amides is 1. The van der Waals surface area contributed by atoms with E-state index in [0.29, 0.717) is 18.0 Å². The van der Waals surface area contributed by atoms with Crippen LogP contribution >= 0.6 is 0 Å². The molecule has 1 fully saturated rings. The van der Waals surface area contributed by atoms with Crippen LogP contribution in [-0.2, 0) is 12.8 Å². The molecule has 0 unspecified atom stereocenters. The Morgan fingerprint density at radius 2 is 1.47 bits per heavy atom. The second kappa shape index (κ2) is 11.5. The third-order valence-electron chi connectivity index (χ3n) is 7.37. The molecule has 0 bridgehead atoms. The van der Waals surface area contributed by atoms with E-state index in [1.165, 1.54) is 11.1 Å². The number of ether oxygens (including phenoxy) is 1. The van der Waals surface area contributed by atoms with Crippen molar-refractivity contribution >= 4 is 5.91 Å². The number of piperidine rings is 1. The van der Waals surface area contributed by atoms with Gasteiger partial charge in [0.2, 0.25) is 0 Å². The van der Waals surface area contributed by atoms with Gasteiger partial charge in [0.15, 0.2) is 0 Å². The minimum absolute atomic E-state index is 0.117. The Kier molecular flexibility index (Phi) is 8.14. The number of hydrogen-bond acceptors (Lipinski definition) is 3. The maximum Gasteiger partial charge on any atom is 0.257 e. The van der Waals surface area contributed by atoms with Gasteiger partial charge in [-0.25, -0.2) is 0 Å². The second-order valence-electron chi connectivity index (χ2n) is 10.1. The Morgan fingerprint density at radius 3 is 2.00 bits per heavy atom. The number of aryl methyl sites for hydroxylation is 2. The summed E-state index contributed by atoms with van der Waals surface area (Å²) in [6.45, 7) is 12.5. The number of carbonyl (C=O) groups excluding carboxylic acids is 1. The van der Waals surface area contributed by atoms with Crippen LogP contribution in [0.2, 0.25) is 0 Å². The van der Waals surface area contributed by atoms with Crippen molar-refractivity contribution in [2.24, 2.45) is 5.41 Å². The van der Waals surface area contributed by atoms with Crippen molar-refractivity contribution in [1.82, 2.24) is 10.2 Å². The highest BCUT2D eigenvalue weighted by Gasteiger charge is 2.35. The van der Waals surface area contributed by atoms with Crippen LogP contribution in [0.15, 0.2) is 85.2 Å². The zero-order valence-corrected chi connectivity index (χ0v) is 21.8. The molecule has 3 aromatic rings. The third-order valence-corrected chi connectivity index (χ3v) is 7.37. The number of hydrogen-bond donors (Lipinski definition) is 1. The van der Waals surface area contributed by atoms with Gasteiger partial charge in [0.1, 0.15) is 11.6 Å². The van der Waals surface area contributed by atoms with Crippen molar-refractivity contribution in [3.8, 4) is 5.75 Å². The maximum atomic E-state index is 13.1. The molecule has 1 amide bonds. The Bertz CT molecular complexity index is 1140. The molecule has 0 atom stereocenters. The highest BCUT2D eigenvalue weighted by Crippen LogP contribution is 2.39. The minimum atomic E-state index is -0.117. The number of nitrogens with one attached hydrogen (secondary N) is 1. The highest BCUT2D eigenvalue weighted by molar-refractivity contribution is 5.97. The quantitative estimate of drug-likeness (QED) is 0.380. The van der Waals surface area contributed by atoms with E-state index in [2.05, 4.69) is 77.5 Å². The summed E-state index contributed by atoms with van der Waals surface area (Å²) in [7, 11) is 0. The van der Waals surface area contributed by atoms with Crippen LogP contribution in [-0.4, -0.2) is 30.5 Å². The SMILES string of the molecule is C=C(NC(=O)c1cc(C)c(OCC)cc1C)N1CCC(Cc2ccccc2)(Cc2ccccc2)CC1. The van der Waals surface area contributed by atoms with Gasteiger partial charge in [0, 0.05) is 18.7 Å². The first-order valence-electron chi connectivity index (χ1n) is 13.0. The number of carbonyl (C=O) groups is 1. The Balaban J connectivity index is 1.43. The Labute approximate surface area is 216 Å². The molecule has 0 aliphatic carbocycles. The highest BCUT2D eigenvalue weighted by atomic mass is 16.5. The van der Waals surface area contributed by atoms with Crippen molar-refractivity contribution in [2.45, 2.75) is 46.5 Å². The summed E-state index contributed by atoms with van der Waals surface area (Å²) in [4.78, 5) is 15.3. The lowest BCUT2D eigenvalue weighted by Gasteiger charge is -2.43. The van der Waals surface area contributed by atoms with E-state index >= 15 is 0 Å². The smallest absolute Gasteiger partial charge is 0.257 e. The molecule has 0 aromatic heterocycles. The molecule has 4 rings (SSSR count). The van der Waals surface area contributed by atoms with Gasteiger partial charge in [-0.15, -0.1) is 0 Å². The number of likely N-dealkylation sites (tertiary alicyclic amines) is 1. The molecule has 1 N–H and O–H groups in total. The van der Waals surface area contributed by atoms with Gasteiger partial charge >= 0.3 is 0 Å². The van der Waals surface area contributed by atoms with E-state index in [9.17, 15) is 4.79 Å². The third kappa shape index (κ3) is 6.17. The summed E-state index contributed by atoms with van der Waals surface area (Å²) in [5.41, 5.74) is 5.48. The van der Waals surface area contributed by atoms with Gasteiger partial charge in [0.25, 0.3) is 5.91 Å². The zero-order chi connectivity index (χ0) is 25.5. The Hall–Kier alpha value is -3.53. The van der Waals surface area contributed by atoms with E-state index < -0.39 is 0 Å². The van der Waals surface area contributed by atoms with Crippen LogP contribution in [0, 0.1) is 19.3 Å². The van der Waals surface area contributed by atoms with E-state index in [-0.39, 0.29) is 11.3 Å². The largest absolute Gasteiger partial charge is 0.494 e. The zero-order valence-electron chi connectivity index (χ0n) is 21.8.